The van der Waals surface area contributed by atoms with E-state index in [0.717, 1.165) is 24.2 Å². The largest absolute Gasteiger partial charge is 0.313 e. The van der Waals surface area contributed by atoms with Crippen LogP contribution >= 0.6 is 0 Å². The van der Waals surface area contributed by atoms with Crippen molar-refractivity contribution in [2.24, 2.45) is 0 Å². The standard InChI is InChI=1S/C17H16FN3/c18-16-9-6-15(7-10-16)12-21-13-19-20-17(21)11-8-14-4-2-1-3-5-14/h1-7,9-10,13H,8,11-12H2. The van der Waals surface area contributed by atoms with Crippen molar-refractivity contribution in [3.05, 3.63) is 83.7 Å². The van der Waals surface area contributed by atoms with E-state index in [1.165, 1.54) is 17.7 Å². The van der Waals surface area contributed by atoms with Crippen molar-refractivity contribution < 1.29 is 4.39 Å². The summed E-state index contributed by atoms with van der Waals surface area (Å²) in [6.45, 7) is 0.664. The Labute approximate surface area is 123 Å². The van der Waals surface area contributed by atoms with Gasteiger partial charge >= 0.3 is 0 Å². The van der Waals surface area contributed by atoms with Gasteiger partial charge in [0.2, 0.25) is 0 Å². The van der Waals surface area contributed by atoms with Crippen molar-refractivity contribution in [3.63, 3.8) is 0 Å². The second-order valence-corrected chi connectivity index (χ2v) is 4.99. The Kier molecular flexibility index (Phi) is 4.05. The lowest BCUT2D eigenvalue weighted by Crippen LogP contribution is -2.06. The Bertz CT molecular complexity index is 690. The summed E-state index contributed by atoms with van der Waals surface area (Å²) in [5, 5.41) is 8.17. The van der Waals surface area contributed by atoms with Crippen LogP contribution in [0, 0.1) is 5.82 Å². The van der Waals surface area contributed by atoms with E-state index in [2.05, 4.69) is 22.3 Å². The summed E-state index contributed by atoms with van der Waals surface area (Å²) in [6.07, 6.45) is 3.50. The molecule has 3 nitrogen and oxygen atoms in total. The molecule has 3 rings (SSSR count). The van der Waals surface area contributed by atoms with Crippen LogP contribution in [0.4, 0.5) is 4.39 Å². The molecule has 0 aliphatic heterocycles. The summed E-state index contributed by atoms with van der Waals surface area (Å²) in [6, 6.07) is 16.8. The summed E-state index contributed by atoms with van der Waals surface area (Å²) >= 11 is 0. The molecule has 0 spiro atoms. The van der Waals surface area contributed by atoms with Gasteiger partial charge in [-0.05, 0) is 29.7 Å². The number of rotatable bonds is 5. The number of benzene rings is 2. The Morgan fingerprint density at radius 1 is 0.857 bits per heavy atom. The van der Waals surface area contributed by atoms with Crippen LogP contribution in [0.5, 0.6) is 0 Å². The van der Waals surface area contributed by atoms with E-state index in [9.17, 15) is 4.39 Å². The lowest BCUT2D eigenvalue weighted by atomic mass is 10.1. The van der Waals surface area contributed by atoms with Gasteiger partial charge in [0.15, 0.2) is 0 Å². The third kappa shape index (κ3) is 3.54. The van der Waals surface area contributed by atoms with Crippen molar-refractivity contribution in [1.29, 1.82) is 0 Å². The average molecular weight is 281 g/mol. The summed E-state index contributed by atoms with van der Waals surface area (Å²) in [5.74, 6) is 0.731. The maximum atomic E-state index is 12.9. The Morgan fingerprint density at radius 2 is 1.62 bits per heavy atom. The number of hydrogen-bond donors (Lipinski definition) is 0. The topological polar surface area (TPSA) is 30.7 Å². The second-order valence-electron chi connectivity index (χ2n) is 4.99. The third-order valence-electron chi connectivity index (χ3n) is 3.44. The van der Waals surface area contributed by atoms with E-state index in [1.807, 2.05) is 22.8 Å². The van der Waals surface area contributed by atoms with Gasteiger partial charge in [-0.1, -0.05) is 42.5 Å². The van der Waals surface area contributed by atoms with Gasteiger partial charge in [0.1, 0.15) is 18.0 Å². The van der Waals surface area contributed by atoms with Gasteiger partial charge in [0.05, 0.1) is 6.54 Å². The van der Waals surface area contributed by atoms with Gasteiger partial charge in [0.25, 0.3) is 0 Å². The molecule has 0 unspecified atom stereocenters. The Hall–Kier alpha value is -2.49. The molecule has 0 N–H and O–H groups in total. The quantitative estimate of drug-likeness (QED) is 0.718. The molecular formula is C17H16FN3. The van der Waals surface area contributed by atoms with E-state index in [-0.39, 0.29) is 5.82 Å². The normalized spacial score (nSPS) is 10.7. The van der Waals surface area contributed by atoms with Gasteiger partial charge in [-0.2, -0.15) is 0 Å². The number of hydrogen-bond acceptors (Lipinski definition) is 2. The first-order valence-electron chi connectivity index (χ1n) is 6.96. The van der Waals surface area contributed by atoms with Crippen molar-refractivity contribution >= 4 is 0 Å². The molecule has 2 aromatic carbocycles. The molecule has 0 amide bonds. The highest BCUT2D eigenvalue weighted by Crippen LogP contribution is 2.09. The molecule has 3 aromatic rings. The molecule has 0 saturated heterocycles. The predicted molar refractivity (Wildman–Crippen MR) is 79.4 cm³/mol. The summed E-state index contributed by atoms with van der Waals surface area (Å²) in [7, 11) is 0. The molecule has 106 valence electrons. The summed E-state index contributed by atoms with van der Waals surface area (Å²) in [4.78, 5) is 0. The van der Waals surface area contributed by atoms with Crippen LogP contribution in [0.15, 0.2) is 60.9 Å². The zero-order chi connectivity index (χ0) is 14.5. The smallest absolute Gasteiger partial charge is 0.133 e. The maximum Gasteiger partial charge on any atom is 0.133 e. The molecule has 1 aromatic heterocycles. The van der Waals surface area contributed by atoms with Crippen LogP contribution in [0.2, 0.25) is 0 Å². The van der Waals surface area contributed by atoms with Gasteiger partial charge in [-0.15, -0.1) is 10.2 Å². The Morgan fingerprint density at radius 3 is 2.38 bits per heavy atom. The van der Waals surface area contributed by atoms with Crippen molar-refractivity contribution in [3.8, 4) is 0 Å². The predicted octanol–water partition coefficient (Wildman–Crippen LogP) is 3.25. The number of aryl methyl sites for hydroxylation is 2. The third-order valence-corrected chi connectivity index (χ3v) is 3.44. The molecule has 21 heavy (non-hydrogen) atoms. The van der Waals surface area contributed by atoms with Gasteiger partial charge < -0.3 is 4.57 Å². The number of nitrogens with zero attached hydrogens (tertiary/aromatic N) is 3. The Balaban J connectivity index is 1.68. The van der Waals surface area contributed by atoms with E-state index in [0.29, 0.717) is 6.54 Å². The van der Waals surface area contributed by atoms with Gasteiger partial charge in [-0.25, -0.2) is 4.39 Å². The van der Waals surface area contributed by atoms with E-state index >= 15 is 0 Å². The van der Waals surface area contributed by atoms with Crippen LogP contribution in [0.1, 0.15) is 17.0 Å². The SMILES string of the molecule is Fc1ccc(Cn2cnnc2CCc2ccccc2)cc1. The lowest BCUT2D eigenvalue weighted by Gasteiger charge is -2.07. The fraction of sp³-hybridized carbons (Fsp3) is 0.176. The minimum atomic E-state index is -0.216. The van der Waals surface area contributed by atoms with E-state index in [4.69, 9.17) is 0 Å². The summed E-state index contributed by atoms with van der Waals surface area (Å²) in [5.41, 5.74) is 2.32. The first-order valence-corrected chi connectivity index (χ1v) is 6.96. The van der Waals surface area contributed by atoms with Crippen molar-refractivity contribution in [2.45, 2.75) is 19.4 Å². The van der Waals surface area contributed by atoms with Crippen LogP contribution in [-0.2, 0) is 19.4 Å². The van der Waals surface area contributed by atoms with Gasteiger partial charge in [0, 0.05) is 6.42 Å². The molecule has 0 saturated carbocycles. The molecule has 0 radical (unpaired) electrons. The zero-order valence-electron chi connectivity index (χ0n) is 11.6. The monoisotopic (exact) mass is 281 g/mol. The van der Waals surface area contributed by atoms with Crippen molar-refractivity contribution in [2.75, 3.05) is 0 Å². The first kappa shape index (κ1) is 13.5. The van der Waals surface area contributed by atoms with E-state index < -0.39 is 0 Å². The highest BCUT2D eigenvalue weighted by Gasteiger charge is 2.05. The minimum absolute atomic E-state index is 0.216. The van der Waals surface area contributed by atoms with Gasteiger partial charge in [-0.3, -0.25) is 0 Å². The molecule has 0 bridgehead atoms. The maximum absolute atomic E-state index is 12.9. The highest BCUT2D eigenvalue weighted by atomic mass is 19.1. The van der Waals surface area contributed by atoms with Crippen LogP contribution in [0.25, 0.3) is 0 Å². The van der Waals surface area contributed by atoms with Crippen LogP contribution in [-0.4, -0.2) is 14.8 Å². The fourth-order valence-corrected chi connectivity index (χ4v) is 2.29. The highest BCUT2D eigenvalue weighted by molar-refractivity contribution is 5.18. The molecule has 0 atom stereocenters. The molecule has 0 aliphatic rings. The minimum Gasteiger partial charge on any atom is -0.313 e. The molecule has 1 heterocycles. The summed E-state index contributed by atoms with van der Waals surface area (Å²) < 4.78 is 14.9. The average Bonchev–Trinajstić information content (AvgIpc) is 2.96. The molecule has 0 aliphatic carbocycles. The number of aromatic nitrogens is 3. The zero-order valence-corrected chi connectivity index (χ0v) is 11.6. The first-order chi connectivity index (χ1) is 10.3. The van der Waals surface area contributed by atoms with Crippen LogP contribution in [0.3, 0.4) is 0 Å². The van der Waals surface area contributed by atoms with E-state index in [1.54, 1.807) is 18.5 Å². The van der Waals surface area contributed by atoms with Crippen LogP contribution < -0.4 is 0 Å². The lowest BCUT2D eigenvalue weighted by molar-refractivity contribution is 0.625. The number of halogens is 1. The van der Waals surface area contributed by atoms with Crippen molar-refractivity contribution in [1.82, 2.24) is 14.8 Å². The molecule has 4 heteroatoms. The molecular weight excluding hydrogens is 265 g/mol. The fourth-order valence-electron chi connectivity index (χ4n) is 2.29. The second kappa shape index (κ2) is 6.31. The molecule has 0 fully saturated rings.